The van der Waals surface area contributed by atoms with Crippen LogP contribution >= 0.6 is 22.9 Å². The normalized spacial score (nSPS) is 9.93. The molecule has 74 valence electrons. The topological polar surface area (TPSA) is 36.7 Å². The van der Waals surface area contributed by atoms with Crippen LogP contribution in [0.1, 0.15) is 10.7 Å². The number of thiazole rings is 1. The summed E-state index contributed by atoms with van der Waals surface area (Å²) >= 11 is 7.30. The summed E-state index contributed by atoms with van der Waals surface area (Å²) < 4.78 is 0. The Balaban J connectivity index is 2.54. The van der Waals surface area contributed by atoms with Gasteiger partial charge in [0, 0.05) is 5.02 Å². The van der Waals surface area contributed by atoms with E-state index in [1.54, 1.807) is 0 Å². The zero-order valence-electron chi connectivity index (χ0n) is 7.99. The van der Waals surface area contributed by atoms with Gasteiger partial charge in [0.1, 0.15) is 6.07 Å². The molecule has 1 aromatic heterocycles. The maximum absolute atomic E-state index is 8.75. The molecule has 0 saturated heterocycles. The lowest BCUT2D eigenvalue weighted by molar-refractivity contribution is 1.24. The molecule has 0 unspecified atom stereocenters. The highest BCUT2D eigenvalue weighted by atomic mass is 35.5. The molecule has 15 heavy (non-hydrogen) atoms. The summed E-state index contributed by atoms with van der Waals surface area (Å²) in [5.41, 5.74) is 1.89. The number of rotatable bonds is 1. The van der Waals surface area contributed by atoms with E-state index in [1.165, 1.54) is 11.3 Å². The molecule has 1 heterocycles. The average molecular weight is 235 g/mol. The molecule has 0 atom stereocenters. The fraction of sp³-hybridized carbons (Fsp3) is 0.0909. The van der Waals surface area contributed by atoms with Crippen LogP contribution in [0.2, 0.25) is 5.02 Å². The molecule has 0 amide bonds. The van der Waals surface area contributed by atoms with E-state index in [0.29, 0.717) is 10.0 Å². The third kappa shape index (κ3) is 2.01. The Labute approximate surface area is 96.8 Å². The van der Waals surface area contributed by atoms with Gasteiger partial charge in [-0.1, -0.05) is 23.7 Å². The van der Waals surface area contributed by atoms with Crippen molar-refractivity contribution in [2.45, 2.75) is 6.92 Å². The summed E-state index contributed by atoms with van der Waals surface area (Å²) in [7, 11) is 0. The minimum absolute atomic E-state index is 0.488. The van der Waals surface area contributed by atoms with Crippen LogP contribution in [-0.4, -0.2) is 4.98 Å². The fourth-order valence-electron chi connectivity index (χ4n) is 1.34. The van der Waals surface area contributed by atoms with Crippen molar-refractivity contribution < 1.29 is 0 Å². The highest BCUT2D eigenvalue weighted by molar-refractivity contribution is 7.15. The molecule has 2 nitrogen and oxygen atoms in total. The van der Waals surface area contributed by atoms with E-state index in [2.05, 4.69) is 4.98 Å². The monoisotopic (exact) mass is 234 g/mol. The van der Waals surface area contributed by atoms with Crippen molar-refractivity contribution in [1.82, 2.24) is 4.98 Å². The molecule has 0 aliphatic rings. The summed E-state index contributed by atoms with van der Waals surface area (Å²) in [5.74, 6) is 0. The van der Waals surface area contributed by atoms with Crippen LogP contribution in [0.4, 0.5) is 0 Å². The van der Waals surface area contributed by atoms with Gasteiger partial charge in [-0.3, -0.25) is 0 Å². The zero-order chi connectivity index (χ0) is 10.8. The van der Waals surface area contributed by atoms with Crippen LogP contribution < -0.4 is 0 Å². The summed E-state index contributed by atoms with van der Waals surface area (Å²) in [6.45, 7) is 1.90. The van der Waals surface area contributed by atoms with Crippen molar-refractivity contribution in [3.63, 3.8) is 0 Å². The average Bonchev–Trinajstić information content (AvgIpc) is 2.60. The van der Waals surface area contributed by atoms with Gasteiger partial charge in [0.15, 0.2) is 5.01 Å². The molecule has 0 aliphatic heterocycles. The highest BCUT2D eigenvalue weighted by Crippen LogP contribution is 2.30. The van der Waals surface area contributed by atoms with E-state index in [0.717, 1.165) is 16.1 Å². The van der Waals surface area contributed by atoms with Gasteiger partial charge in [-0.25, -0.2) is 4.98 Å². The first-order chi connectivity index (χ1) is 7.20. The fourth-order valence-corrected chi connectivity index (χ4v) is 2.39. The smallest absolute Gasteiger partial charge is 0.195 e. The molecule has 0 aliphatic carbocycles. The Morgan fingerprint density at radius 3 is 2.87 bits per heavy atom. The molecule has 0 fully saturated rings. The summed E-state index contributed by atoms with van der Waals surface area (Å²) in [6.07, 6.45) is 0. The van der Waals surface area contributed by atoms with E-state index < -0.39 is 0 Å². The second kappa shape index (κ2) is 4.01. The first-order valence-electron chi connectivity index (χ1n) is 4.34. The molecule has 0 radical (unpaired) electrons. The van der Waals surface area contributed by atoms with Crippen molar-refractivity contribution in [3.8, 4) is 16.5 Å². The van der Waals surface area contributed by atoms with E-state index in [-0.39, 0.29) is 0 Å². The third-order valence-electron chi connectivity index (χ3n) is 1.98. The van der Waals surface area contributed by atoms with Crippen molar-refractivity contribution in [2.24, 2.45) is 0 Å². The van der Waals surface area contributed by atoms with Crippen LogP contribution in [0.5, 0.6) is 0 Å². The Morgan fingerprint density at radius 1 is 1.47 bits per heavy atom. The second-order valence-corrected chi connectivity index (χ2v) is 4.49. The third-order valence-corrected chi connectivity index (χ3v) is 3.33. The number of halogens is 1. The van der Waals surface area contributed by atoms with E-state index >= 15 is 0 Å². The first kappa shape index (κ1) is 10.2. The molecule has 2 rings (SSSR count). The number of benzene rings is 1. The number of aromatic nitrogens is 1. The van der Waals surface area contributed by atoms with Crippen LogP contribution in [0.15, 0.2) is 24.3 Å². The Hall–Kier alpha value is -1.37. The van der Waals surface area contributed by atoms with E-state index in [9.17, 15) is 0 Å². The maximum Gasteiger partial charge on any atom is 0.195 e. The first-order valence-corrected chi connectivity index (χ1v) is 5.53. The van der Waals surface area contributed by atoms with Gasteiger partial charge in [-0.15, -0.1) is 11.3 Å². The van der Waals surface area contributed by atoms with Gasteiger partial charge < -0.3 is 0 Å². The number of hydrogen-bond acceptors (Lipinski definition) is 3. The lowest BCUT2D eigenvalue weighted by atomic mass is 10.2. The molecular formula is C11H7ClN2S. The summed E-state index contributed by atoms with van der Waals surface area (Å²) in [4.78, 5) is 5.16. The molecule has 4 heteroatoms. The Kier molecular flexibility index (Phi) is 2.72. The largest absolute Gasteiger partial charge is 0.231 e. The van der Waals surface area contributed by atoms with Gasteiger partial charge in [0.2, 0.25) is 0 Å². The lowest BCUT2D eigenvalue weighted by Crippen LogP contribution is -1.77. The van der Waals surface area contributed by atoms with Gasteiger partial charge >= 0.3 is 0 Å². The number of hydrogen-bond donors (Lipinski definition) is 0. The van der Waals surface area contributed by atoms with Crippen molar-refractivity contribution in [3.05, 3.63) is 40.0 Å². The SMILES string of the molecule is Cc1nc(C#N)sc1-c1cccc(Cl)c1. The lowest BCUT2D eigenvalue weighted by Gasteiger charge is -1.98. The van der Waals surface area contributed by atoms with Crippen LogP contribution in [-0.2, 0) is 0 Å². The van der Waals surface area contributed by atoms with Gasteiger partial charge in [0.05, 0.1) is 10.6 Å². The number of nitriles is 1. The highest BCUT2D eigenvalue weighted by Gasteiger charge is 2.09. The van der Waals surface area contributed by atoms with Crippen LogP contribution in [0.3, 0.4) is 0 Å². The molecule has 0 N–H and O–H groups in total. The molecule has 1 aromatic carbocycles. The van der Waals surface area contributed by atoms with Gasteiger partial charge in [-0.05, 0) is 24.6 Å². The maximum atomic E-state index is 8.75. The van der Waals surface area contributed by atoms with Crippen LogP contribution in [0, 0.1) is 18.3 Å². The Bertz CT molecular complexity index is 540. The Morgan fingerprint density at radius 2 is 2.27 bits per heavy atom. The van der Waals surface area contributed by atoms with Crippen molar-refractivity contribution in [1.29, 1.82) is 5.26 Å². The summed E-state index contributed by atoms with van der Waals surface area (Å²) in [5, 5.41) is 9.93. The van der Waals surface area contributed by atoms with Gasteiger partial charge in [0.25, 0.3) is 0 Å². The minimum atomic E-state index is 0.488. The number of aryl methyl sites for hydroxylation is 1. The predicted octanol–water partition coefficient (Wildman–Crippen LogP) is 3.64. The van der Waals surface area contributed by atoms with Gasteiger partial charge in [-0.2, -0.15) is 5.26 Å². The van der Waals surface area contributed by atoms with Crippen molar-refractivity contribution in [2.75, 3.05) is 0 Å². The molecule has 0 spiro atoms. The quantitative estimate of drug-likeness (QED) is 0.755. The molecule has 2 aromatic rings. The molecular weight excluding hydrogens is 228 g/mol. The second-order valence-electron chi connectivity index (χ2n) is 3.06. The predicted molar refractivity (Wildman–Crippen MR) is 62.0 cm³/mol. The summed E-state index contributed by atoms with van der Waals surface area (Å²) in [6, 6.07) is 9.61. The van der Waals surface area contributed by atoms with E-state index in [1.807, 2.05) is 37.3 Å². The van der Waals surface area contributed by atoms with Crippen molar-refractivity contribution >= 4 is 22.9 Å². The zero-order valence-corrected chi connectivity index (χ0v) is 9.56. The van der Waals surface area contributed by atoms with Crippen LogP contribution in [0.25, 0.3) is 10.4 Å². The molecule has 0 saturated carbocycles. The standard InChI is InChI=1S/C11H7ClN2S/c1-7-11(15-10(6-13)14-7)8-3-2-4-9(12)5-8/h2-5H,1H3. The molecule has 0 bridgehead atoms. The van der Waals surface area contributed by atoms with E-state index in [4.69, 9.17) is 16.9 Å². The minimum Gasteiger partial charge on any atom is -0.231 e. The number of nitrogens with zero attached hydrogens (tertiary/aromatic N) is 2.